The highest BCUT2D eigenvalue weighted by Gasteiger charge is 2.22. The molecule has 0 aliphatic carbocycles. The Balaban J connectivity index is 1.88. The van der Waals surface area contributed by atoms with E-state index >= 15 is 0 Å². The molecular weight excluding hydrogens is 404 g/mol. The van der Waals surface area contributed by atoms with Crippen LogP contribution in [0.25, 0.3) is 23.3 Å². The Hall–Kier alpha value is -2.99. The minimum absolute atomic E-state index is 0.0427. The van der Waals surface area contributed by atoms with E-state index in [4.69, 9.17) is 18.6 Å². The first-order valence-corrected chi connectivity index (χ1v) is 11.3. The van der Waals surface area contributed by atoms with Crippen molar-refractivity contribution in [1.82, 2.24) is 9.88 Å². The van der Waals surface area contributed by atoms with Crippen molar-refractivity contribution < 1.29 is 18.6 Å². The summed E-state index contributed by atoms with van der Waals surface area (Å²) in [7, 11) is 3.29. The van der Waals surface area contributed by atoms with Crippen LogP contribution in [0.1, 0.15) is 51.5 Å². The van der Waals surface area contributed by atoms with Crippen molar-refractivity contribution in [3.63, 3.8) is 0 Å². The maximum Gasteiger partial charge on any atom is 0.220 e. The van der Waals surface area contributed by atoms with Crippen molar-refractivity contribution in [1.29, 1.82) is 0 Å². The lowest BCUT2D eigenvalue weighted by molar-refractivity contribution is 0.0184. The Morgan fingerprint density at radius 3 is 2.19 bits per heavy atom. The Bertz CT molecular complexity index is 964. The highest BCUT2D eigenvalue weighted by atomic mass is 16.6. The molecule has 3 rings (SSSR count). The van der Waals surface area contributed by atoms with Crippen LogP contribution in [-0.2, 0) is 0 Å². The van der Waals surface area contributed by atoms with Crippen molar-refractivity contribution >= 4 is 23.3 Å². The highest BCUT2D eigenvalue weighted by molar-refractivity contribution is 5.76. The number of hydrogen-bond donors (Lipinski definition) is 0. The van der Waals surface area contributed by atoms with Crippen molar-refractivity contribution in [2.75, 3.05) is 27.3 Å². The van der Waals surface area contributed by atoms with Gasteiger partial charge in [-0.2, -0.15) is 0 Å². The molecule has 0 saturated carbocycles. The second-order valence-corrected chi connectivity index (χ2v) is 7.62. The van der Waals surface area contributed by atoms with Crippen LogP contribution < -0.4 is 14.2 Å². The number of methoxy groups -OCH3 is 2. The number of rotatable bonds is 12. The minimum Gasteiger partial charge on any atom is -0.493 e. The highest BCUT2D eigenvalue weighted by Crippen LogP contribution is 2.40. The van der Waals surface area contributed by atoms with Gasteiger partial charge in [-0.3, -0.25) is 4.90 Å². The van der Waals surface area contributed by atoms with E-state index in [-0.39, 0.29) is 6.23 Å². The van der Waals surface area contributed by atoms with Gasteiger partial charge in [0, 0.05) is 19.2 Å². The van der Waals surface area contributed by atoms with Crippen LogP contribution in [0.2, 0.25) is 0 Å². The molecule has 6 heteroatoms. The van der Waals surface area contributed by atoms with Crippen molar-refractivity contribution in [2.24, 2.45) is 0 Å². The Morgan fingerprint density at radius 1 is 0.969 bits per heavy atom. The third-order valence-corrected chi connectivity index (χ3v) is 5.24. The molecule has 1 atom stereocenters. The first kappa shape index (κ1) is 23.7. The summed E-state index contributed by atoms with van der Waals surface area (Å²) in [5, 5.41) is 0. The van der Waals surface area contributed by atoms with Crippen LogP contribution in [-0.4, -0.2) is 43.4 Å². The average Bonchev–Trinajstić information content (AvgIpc) is 3.24. The lowest BCUT2D eigenvalue weighted by Gasteiger charge is -2.31. The normalized spacial score (nSPS) is 12.6. The summed E-state index contributed by atoms with van der Waals surface area (Å²) in [6.45, 7) is 8.49. The third-order valence-electron chi connectivity index (χ3n) is 5.24. The van der Waals surface area contributed by atoms with E-state index in [9.17, 15) is 0 Å². The van der Waals surface area contributed by atoms with E-state index in [0.29, 0.717) is 23.1 Å². The van der Waals surface area contributed by atoms with Gasteiger partial charge in [0.2, 0.25) is 11.6 Å². The Kier molecular flexibility index (Phi) is 8.56. The molecule has 0 aliphatic heterocycles. The van der Waals surface area contributed by atoms with E-state index < -0.39 is 0 Å². The molecule has 6 nitrogen and oxygen atoms in total. The summed E-state index contributed by atoms with van der Waals surface area (Å²) < 4.78 is 23.6. The van der Waals surface area contributed by atoms with Crippen molar-refractivity contribution in [3.05, 3.63) is 47.9 Å². The standard InChI is InChI=1S/C26H34N2O4/c1-6-15-28(16-7-2)25(8-3)32-26-22(29-4)17-19(18-23(26)30-5)13-14-24-27-20-11-9-10-12-21(20)31-24/h9-14,17-18,25H,6-8,15-16H2,1-5H3/b14-13+. The molecule has 172 valence electrons. The van der Waals surface area contributed by atoms with E-state index in [1.54, 1.807) is 14.2 Å². The molecule has 0 saturated heterocycles. The molecule has 0 bridgehead atoms. The summed E-state index contributed by atoms with van der Waals surface area (Å²) in [6, 6.07) is 11.6. The molecule has 0 fully saturated rings. The summed E-state index contributed by atoms with van der Waals surface area (Å²) in [5.74, 6) is 2.43. The zero-order chi connectivity index (χ0) is 22.9. The third kappa shape index (κ3) is 5.62. The zero-order valence-corrected chi connectivity index (χ0v) is 19.8. The van der Waals surface area contributed by atoms with Crippen LogP contribution in [0.4, 0.5) is 0 Å². The van der Waals surface area contributed by atoms with Gasteiger partial charge in [-0.05, 0) is 55.2 Å². The smallest absolute Gasteiger partial charge is 0.220 e. The molecule has 1 heterocycles. The molecule has 0 N–H and O–H groups in total. The monoisotopic (exact) mass is 438 g/mol. The van der Waals surface area contributed by atoms with Gasteiger partial charge in [0.05, 0.1) is 14.2 Å². The number of ether oxygens (including phenoxy) is 3. The second kappa shape index (κ2) is 11.6. The number of fused-ring (bicyclic) bond motifs is 1. The van der Waals surface area contributed by atoms with Gasteiger partial charge in [0.25, 0.3) is 0 Å². The SMILES string of the molecule is CCCN(CCC)C(CC)Oc1c(OC)cc(/C=C/c2nc3ccccc3o2)cc1OC. The fraction of sp³-hybridized carbons (Fsp3) is 0.423. The van der Waals surface area contributed by atoms with Gasteiger partial charge >= 0.3 is 0 Å². The van der Waals surface area contributed by atoms with Gasteiger partial charge in [0.1, 0.15) is 5.52 Å². The van der Waals surface area contributed by atoms with Crippen LogP contribution in [0, 0.1) is 0 Å². The van der Waals surface area contributed by atoms with Gasteiger partial charge in [0.15, 0.2) is 23.3 Å². The molecule has 3 aromatic rings. The molecule has 0 spiro atoms. The fourth-order valence-corrected chi connectivity index (χ4v) is 3.77. The predicted molar refractivity (Wildman–Crippen MR) is 129 cm³/mol. The molecule has 0 aliphatic rings. The molecule has 0 amide bonds. The first-order valence-electron chi connectivity index (χ1n) is 11.3. The van der Waals surface area contributed by atoms with Crippen LogP contribution in [0.5, 0.6) is 17.2 Å². The lowest BCUT2D eigenvalue weighted by Crippen LogP contribution is -2.40. The number of hydrogen-bond acceptors (Lipinski definition) is 6. The van der Waals surface area contributed by atoms with E-state index in [2.05, 4.69) is 30.7 Å². The molecule has 0 radical (unpaired) electrons. The van der Waals surface area contributed by atoms with Gasteiger partial charge in [-0.25, -0.2) is 4.98 Å². The molecular formula is C26H34N2O4. The number of para-hydroxylation sites is 2. The quantitative estimate of drug-likeness (QED) is 0.311. The zero-order valence-electron chi connectivity index (χ0n) is 19.8. The maximum absolute atomic E-state index is 6.45. The van der Waals surface area contributed by atoms with Gasteiger partial charge < -0.3 is 18.6 Å². The summed E-state index contributed by atoms with van der Waals surface area (Å²) >= 11 is 0. The Labute approximate surface area is 190 Å². The van der Waals surface area contributed by atoms with Crippen molar-refractivity contribution in [3.8, 4) is 17.2 Å². The van der Waals surface area contributed by atoms with Crippen molar-refractivity contribution in [2.45, 2.75) is 46.3 Å². The number of benzene rings is 2. The van der Waals surface area contributed by atoms with E-state index in [0.717, 1.165) is 49.0 Å². The number of aromatic nitrogens is 1. The summed E-state index contributed by atoms with van der Waals surface area (Å²) in [4.78, 5) is 6.86. The molecule has 1 unspecified atom stereocenters. The van der Waals surface area contributed by atoms with Gasteiger partial charge in [-0.1, -0.05) is 32.9 Å². The summed E-state index contributed by atoms with van der Waals surface area (Å²) in [5.41, 5.74) is 2.50. The maximum atomic E-state index is 6.45. The Morgan fingerprint density at radius 2 is 1.62 bits per heavy atom. The number of nitrogens with zero attached hydrogens (tertiary/aromatic N) is 2. The van der Waals surface area contributed by atoms with Gasteiger partial charge in [-0.15, -0.1) is 0 Å². The minimum atomic E-state index is -0.0427. The fourth-order valence-electron chi connectivity index (χ4n) is 3.77. The lowest BCUT2D eigenvalue weighted by atomic mass is 10.1. The first-order chi connectivity index (χ1) is 15.6. The molecule has 2 aromatic carbocycles. The van der Waals surface area contributed by atoms with Crippen LogP contribution >= 0.6 is 0 Å². The van der Waals surface area contributed by atoms with Crippen LogP contribution in [0.15, 0.2) is 40.8 Å². The largest absolute Gasteiger partial charge is 0.493 e. The van der Waals surface area contributed by atoms with Crippen LogP contribution in [0.3, 0.4) is 0 Å². The molecule has 32 heavy (non-hydrogen) atoms. The average molecular weight is 439 g/mol. The molecule has 1 aromatic heterocycles. The topological polar surface area (TPSA) is 57.0 Å². The van der Waals surface area contributed by atoms with E-state index in [1.807, 2.05) is 48.6 Å². The summed E-state index contributed by atoms with van der Waals surface area (Å²) in [6.07, 6.45) is 6.75. The number of oxazole rings is 1. The predicted octanol–water partition coefficient (Wildman–Crippen LogP) is 6.25. The van der Waals surface area contributed by atoms with E-state index in [1.165, 1.54) is 0 Å². The second-order valence-electron chi connectivity index (χ2n) is 7.62.